The molecule has 1 unspecified atom stereocenters. The van der Waals surface area contributed by atoms with E-state index in [0.717, 1.165) is 51.0 Å². The third-order valence-corrected chi connectivity index (χ3v) is 15.1. The van der Waals surface area contributed by atoms with Crippen LogP contribution in [0.5, 0.6) is 0 Å². The van der Waals surface area contributed by atoms with E-state index in [0.29, 0.717) is 5.92 Å². The van der Waals surface area contributed by atoms with E-state index >= 15 is 0 Å². The first-order valence-corrected chi connectivity index (χ1v) is 24.5. The average molecular weight is 780 g/mol. The Morgan fingerprint density at radius 1 is 0.661 bits per heavy atom. The number of para-hydroxylation sites is 3. The summed E-state index contributed by atoms with van der Waals surface area (Å²) in [5.74, 6) is 1.66. The molecule has 59 heavy (non-hydrogen) atoms. The molecule has 10 aromatic rings. The van der Waals surface area contributed by atoms with Crippen molar-refractivity contribution in [2.75, 3.05) is 0 Å². The van der Waals surface area contributed by atoms with Gasteiger partial charge in [-0.2, -0.15) is 4.57 Å². The van der Waals surface area contributed by atoms with Gasteiger partial charge in [0.05, 0.1) is 24.8 Å². The number of hydrogen-bond donors (Lipinski definition) is 0. The second kappa shape index (κ2) is 12.2. The van der Waals surface area contributed by atoms with Crippen molar-refractivity contribution < 1.29 is 13.6 Å². The number of fused-ring (bicyclic) bond motifs is 17. The molecule has 0 aliphatic carbocycles. The van der Waals surface area contributed by atoms with E-state index in [4.69, 9.17) is 4.42 Å². The predicted octanol–water partition coefficient (Wildman–Crippen LogP) is 11.9. The van der Waals surface area contributed by atoms with E-state index in [-0.39, 0.29) is 0 Å². The normalized spacial score (nSPS) is 15.5. The molecule has 0 radical (unpaired) electrons. The highest BCUT2D eigenvalue weighted by Gasteiger charge is 2.67. The zero-order valence-electron chi connectivity index (χ0n) is 34.1. The quantitative estimate of drug-likeness (QED) is 0.126. The first kappa shape index (κ1) is 34.5. The van der Waals surface area contributed by atoms with Crippen LogP contribution in [0.2, 0.25) is 19.6 Å². The summed E-state index contributed by atoms with van der Waals surface area (Å²) in [6, 6.07) is 58.4. The van der Waals surface area contributed by atoms with Crippen molar-refractivity contribution in [3.63, 3.8) is 0 Å². The van der Waals surface area contributed by atoms with Gasteiger partial charge in [-0.1, -0.05) is 137 Å². The Labute approximate surface area is 345 Å². The Morgan fingerprint density at radius 2 is 1.39 bits per heavy atom. The van der Waals surface area contributed by atoms with E-state index in [2.05, 4.69) is 211 Å². The number of benzene rings is 7. The van der Waals surface area contributed by atoms with E-state index in [1.54, 1.807) is 0 Å². The molecule has 1 atom stereocenters. The molecule has 284 valence electrons. The number of imidazole rings is 1. The summed E-state index contributed by atoms with van der Waals surface area (Å²) in [7, 11) is -1.86. The third-order valence-electron chi connectivity index (χ3n) is 13.0. The molecule has 4 nitrogen and oxygen atoms in total. The monoisotopic (exact) mass is 779 g/mol. The van der Waals surface area contributed by atoms with Crippen LogP contribution in [0.25, 0.3) is 83.2 Å². The van der Waals surface area contributed by atoms with Crippen molar-refractivity contribution in [2.45, 2.75) is 45.6 Å². The Bertz CT molecular complexity index is 3380. The fourth-order valence-electron chi connectivity index (χ4n) is 10.6. The van der Waals surface area contributed by atoms with Gasteiger partial charge in [-0.3, -0.25) is 0 Å². The molecule has 2 aliphatic rings. The lowest BCUT2D eigenvalue weighted by molar-refractivity contribution is -0.944. The molecule has 0 saturated heterocycles. The zero-order valence-corrected chi connectivity index (χ0v) is 35.1. The van der Waals surface area contributed by atoms with Crippen LogP contribution in [0.4, 0.5) is 0 Å². The lowest BCUT2D eigenvalue weighted by Crippen LogP contribution is -2.72. The van der Waals surface area contributed by atoms with Gasteiger partial charge in [0.1, 0.15) is 16.8 Å². The smallest absolute Gasteiger partial charge is 0.364 e. The summed E-state index contributed by atoms with van der Waals surface area (Å²) in [6.07, 6.45) is 3.63. The van der Waals surface area contributed by atoms with Crippen molar-refractivity contribution in [2.24, 2.45) is 5.92 Å². The maximum absolute atomic E-state index is 7.09. The van der Waals surface area contributed by atoms with Crippen LogP contribution in [0.1, 0.15) is 30.5 Å². The molecule has 3 aromatic heterocycles. The predicted molar refractivity (Wildman–Crippen MR) is 244 cm³/mol. The van der Waals surface area contributed by atoms with Gasteiger partial charge in [0.2, 0.25) is 5.69 Å². The molecule has 2 aliphatic heterocycles. The highest BCUT2D eigenvalue weighted by atomic mass is 28.3. The molecular weight excluding hydrogens is 735 g/mol. The van der Waals surface area contributed by atoms with Crippen molar-refractivity contribution in [1.82, 2.24) is 4.57 Å². The standard InChI is InChI=1S/C54H45N3OSi/c1-34(2)30-38-32-48-42-31-37(35-16-7-6-8-17-35)26-28-43(42)54(55(48)33-50(38)59(3,4)5)44-29-27-41-40-21-11-14-25-49(40)58-52(41)51(44)53-56(46-22-12-13-23-47(46)57(53)54)45-24-15-19-36-18-9-10-20-39(36)45/h6-29,31-34H,30H2,1-5H3/q+2. The van der Waals surface area contributed by atoms with Crippen LogP contribution in [-0.4, -0.2) is 12.6 Å². The van der Waals surface area contributed by atoms with Gasteiger partial charge in [-0.15, -0.1) is 9.13 Å². The molecule has 0 saturated carbocycles. The van der Waals surface area contributed by atoms with Crippen molar-refractivity contribution in [3.8, 4) is 39.5 Å². The fraction of sp³-hybridized carbons (Fsp3) is 0.148. The Hall–Kier alpha value is -6.56. The topological polar surface area (TPSA) is 25.8 Å². The zero-order chi connectivity index (χ0) is 39.8. The number of nitrogens with zero attached hydrogens (tertiary/aromatic N) is 3. The number of aromatic nitrogens is 3. The van der Waals surface area contributed by atoms with Crippen LogP contribution in [0.15, 0.2) is 168 Å². The summed E-state index contributed by atoms with van der Waals surface area (Å²) in [6.45, 7) is 12.2. The Kier molecular flexibility index (Phi) is 7.15. The SMILES string of the molecule is CC(C)Cc1cc2[n+](cc1[Si](C)(C)C)C1(c3ccc(-c4ccccc4)cc3-2)c2ccc3c(oc4ccccc43)c2-c2n(-c3cccc4ccccc34)c3ccccc3[n+]21. The van der Waals surface area contributed by atoms with Crippen LogP contribution >= 0.6 is 0 Å². The highest BCUT2D eigenvalue weighted by Crippen LogP contribution is 2.53. The van der Waals surface area contributed by atoms with Gasteiger partial charge < -0.3 is 4.42 Å². The van der Waals surface area contributed by atoms with Crippen LogP contribution in [0.3, 0.4) is 0 Å². The lowest BCUT2D eigenvalue weighted by atomic mass is 9.87. The van der Waals surface area contributed by atoms with E-state index in [1.807, 2.05) is 0 Å². The second-order valence-electron chi connectivity index (χ2n) is 18.1. The molecule has 7 aromatic carbocycles. The minimum atomic E-state index is -1.86. The molecule has 0 fully saturated rings. The summed E-state index contributed by atoms with van der Waals surface area (Å²) >= 11 is 0. The highest BCUT2D eigenvalue weighted by molar-refractivity contribution is 6.89. The van der Waals surface area contributed by atoms with Gasteiger partial charge in [-0.05, 0) is 82.9 Å². The molecular formula is C54H45N3OSi+2. The fourth-order valence-corrected chi connectivity index (χ4v) is 12.3. The summed E-state index contributed by atoms with van der Waals surface area (Å²) in [5, 5.41) is 6.22. The molecule has 12 rings (SSSR count). The van der Waals surface area contributed by atoms with E-state index < -0.39 is 13.7 Å². The molecule has 5 heterocycles. The molecule has 0 bridgehead atoms. The minimum Gasteiger partial charge on any atom is -0.455 e. The Balaban J connectivity index is 1.31. The van der Waals surface area contributed by atoms with Crippen molar-refractivity contribution >= 4 is 57.0 Å². The summed E-state index contributed by atoms with van der Waals surface area (Å²) in [4.78, 5) is 0. The van der Waals surface area contributed by atoms with E-state index in [9.17, 15) is 0 Å². The first-order chi connectivity index (χ1) is 28.7. The van der Waals surface area contributed by atoms with Gasteiger partial charge in [0.25, 0.3) is 0 Å². The van der Waals surface area contributed by atoms with Gasteiger partial charge >= 0.3 is 11.5 Å². The summed E-state index contributed by atoms with van der Waals surface area (Å²) < 4.78 is 15.0. The molecule has 1 spiro atoms. The molecule has 5 heteroatoms. The second-order valence-corrected chi connectivity index (χ2v) is 23.1. The van der Waals surface area contributed by atoms with Crippen LogP contribution < -0.4 is 14.3 Å². The summed E-state index contributed by atoms with van der Waals surface area (Å²) in [5.41, 5.74) is 14.7. The molecule has 0 amide bonds. The van der Waals surface area contributed by atoms with Gasteiger partial charge in [0, 0.05) is 27.4 Å². The van der Waals surface area contributed by atoms with E-state index in [1.165, 1.54) is 60.6 Å². The first-order valence-electron chi connectivity index (χ1n) is 21.0. The van der Waals surface area contributed by atoms with Crippen LogP contribution in [-0.2, 0) is 12.1 Å². The molecule has 0 N–H and O–H groups in total. The van der Waals surface area contributed by atoms with Crippen LogP contribution in [0, 0.1) is 5.92 Å². The van der Waals surface area contributed by atoms with Crippen molar-refractivity contribution in [3.05, 3.63) is 181 Å². The van der Waals surface area contributed by atoms with Gasteiger partial charge in [-0.25, -0.2) is 0 Å². The third kappa shape index (κ3) is 4.65. The number of pyridine rings is 1. The lowest BCUT2D eigenvalue weighted by Gasteiger charge is -2.24. The maximum atomic E-state index is 7.09. The largest absolute Gasteiger partial charge is 0.455 e. The Morgan fingerprint density at radius 3 is 2.22 bits per heavy atom. The number of furan rings is 1. The maximum Gasteiger partial charge on any atom is 0.364 e. The average Bonchev–Trinajstić information content (AvgIpc) is 3.96. The minimum absolute atomic E-state index is 0.534. The number of rotatable bonds is 5. The number of hydrogen-bond acceptors (Lipinski definition) is 1. The van der Waals surface area contributed by atoms with Crippen molar-refractivity contribution in [1.29, 1.82) is 0 Å². The van der Waals surface area contributed by atoms with Gasteiger partial charge in [0.15, 0.2) is 22.8 Å².